The quantitative estimate of drug-likeness (QED) is 0.825. The Morgan fingerprint density at radius 1 is 1.23 bits per heavy atom. The van der Waals surface area contributed by atoms with Gasteiger partial charge in [-0.25, -0.2) is 9.37 Å². The molecule has 2 fully saturated rings. The first-order valence-corrected chi connectivity index (χ1v) is 9.35. The van der Waals surface area contributed by atoms with Crippen LogP contribution >= 0.6 is 0 Å². The van der Waals surface area contributed by atoms with Crippen LogP contribution in [0.1, 0.15) is 24.8 Å². The first kappa shape index (κ1) is 17.3. The fraction of sp³-hybridized carbons (Fsp3) is 0.476. The molecule has 2 heterocycles. The Bertz CT molecular complexity index is 748. The number of rotatable bonds is 7. The highest BCUT2D eigenvalue weighted by Gasteiger charge is 2.38. The predicted octanol–water partition coefficient (Wildman–Crippen LogP) is 3.44. The Balaban J connectivity index is 1.44. The van der Waals surface area contributed by atoms with Crippen molar-refractivity contribution in [1.82, 2.24) is 4.98 Å². The summed E-state index contributed by atoms with van der Waals surface area (Å²) in [5.41, 5.74) is 0.835. The second-order valence-electron chi connectivity index (χ2n) is 7.74. The summed E-state index contributed by atoms with van der Waals surface area (Å²) in [6.45, 7) is 2.48. The van der Waals surface area contributed by atoms with Crippen LogP contribution in [0.3, 0.4) is 0 Å². The maximum absolute atomic E-state index is 13.1. The van der Waals surface area contributed by atoms with E-state index in [0.29, 0.717) is 0 Å². The van der Waals surface area contributed by atoms with Crippen molar-refractivity contribution in [1.29, 1.82) is 0 Å². The van der Waals surface area contributed by atoms with Gasteiger partial charge in [0.2, 0.25) is 0 Å². The summed E-state index contributed by atoms with van der Waals surface area (Å²) in [5.74, 6) is 2.25. The Morgan fingerprint density at radius 3 is 2.77 bits per heavy atom. The number of halogens is 1. The molecular formula is C21H25FN2O2. The number of pyridine rings is 1. The van der Waals surface area contributed by atoms with Crippen molar-refractivity contribution >= 4 is 5.82 Å². The standard InChI is InChI=1S/C21H25FN2O2/c22-18-5-3-16(4-6-18)12-21(15-25)8-10-24(14-21)20-11-19(7-9-23-20)26-13-17-1-2-17/h3-7,9,11,17,25H,1-2,8,10,12-15H2. The van der Waals surface area contributed by atoms with Crippen LogP contribution in [0.5, 0.6) is 5.75 Å². The summed E-state index contributed by atoms with van der Waals surface area (Å²) >= 11 is 0. The summed E-state index contributed by atoms with van der Waals surface area (Å²) in [6, 6.07) is 10.5. The Hall–Kier alpha value is -2.14. The van der Waals surface area contributed by atoms with E-state index in [1.165, 1.54) is 25.0 Å². The molecule has 4 nitrogen and oxygen atoms in total. The maximum atomic E-state index is 13.1. The van der Waals surface area contributed by atoms with Gasteiger partial charge in [0, 0.05) is 30.8 Å². The summed E-state index contributed by atoms with van der Waals surface area (Å²) < 4.78 is 19.0. The molecule has 5 heteroatoms. The van der Waals surface area contributed by atoms with Crippen molar-refractivity contribution in [3.05, 3.63) is 54.0 Å². The minimum absolute atomic E-state index is 0.110. The van der Waals surface area contributed by atoms with Crippen LogP contribution in [0, 0.1) is 17.2 Å². The van der Waals surface area contributed by atoms with E-state index >= 15 is 0 Å². The molecule has 1 saturated heterocycles. The number of anilines is 1. The third-order valence-corrected chi connectivity index (χ3v) is 5.49. The van der Waals surface area contributed by atoms with E-state index in [2.05, 4.69) is 9.88 Å². The topological polar surface area (TPSA) is 45.6 Å². The van der Waals surface area contributed by atoms with Crippen molar-refractivity contribution in [2.24, 2.45) is 11.3 Å². The van der Waals surface area contributed by atoms with Gasteiger partial charge < -0.3 is 14.7 Å². The van der Waals surface area contributed by atoms with Gasteiger partial charge in [-0.2, -0.15) is 0 Å². The molecule has 1 unspecified atom stereocenters. The molecule has 26 heavy (non-hydrogen) atoms. The summed E-state index contributed by atoms with van der Waals surface area (Å²) in [7, 11) is 0. The van der Waals surface area contributed by atoms with Gasteiger partial charge >= 0.3 is 0 Å². The van der Waals surface area contributed by atoms with Gasteiger partial charge in [-0.05, 0) is 55.4 Å². The lowest BCUT2D eigenvalue weighted by Gasteiger charge is -2.27. The van der Waals surface area contributed by atoms with Gasteiger partial charge in [-0.3, -0.25) is 0 Å². The van der Waals surface area contributed by atoms with Gasteiger partial charge in [-0.1, -0.05) is 12.1 Å². The van der Waals surface area contributed by atoms with Crippen LogP contribution in [0.15, 0.2) is 42.6 Å². The zero-order valence-electron chi connectivity index (χ0n) is 14.9. The first-order chi connectivity index (χ1) is 12.7. The minimum atomic E-state index is -0.230. The van der Waals surface area contributed by atoms with Gasteiger partial charge in [0.1, 0.15) is 17.4 Å². The predicted molar refractivity (Wildman–Crippen MR) is 98.9 cm³/mol. The van der Waals surface area contributed by atoms with Crippen LogP contribution in [0.4, 0.5) is 10.2 Å². The first-order valence-electron chi connectivity index (χ1n) is 9.35. The molecule has 138 valence electrons. The maximum Gasteiger partial charge on any atom is 0.132 e. The van der Waals surface area contributed by atoms with E-state index in [0.717, 1.165) is 55.6 Å². The molecule has 1 atom stereocenters. The molecule has 1 aromatic heterocycles. The molecule has 0 spiro atoms. The van der Waals surface area contributed by atoms with E-state index in [4.69, 9.17) is 4.74 Å². The van der Waals surface area contributed by atoms with Gasteiger partial charge in [0.25, 0.3) is 0 Å². The van der Waals surface area contributed by atoms with E-state index < -0.39 is 0 Å². The molecule has 0 bridgehead atoms. The molecule has 1 aliphatic heterocycles. The summed E-state index contributed by atoms with van der Waals surface area (Å²) in [4.78, 5) is 6.71. The zero-order valence-corrected chi connectivity index (χ0v) is 14.9. The number of aliphatic hydroxyl groups is 1. The molecule has 0 amide bonds. The summed E-state index contributed by atoms with van der Waals surface area (Å²) in [6.07, 6.45) is 5.95. The number of aromatic nitrogens is 1. The third-order valence-electron chi connectivity index (χ3n) is 5.49. The summed E-state index contributed by atoms with van der Waals surface area (Å²) in [5, 5.41) is 10.1. The fourth-order valence-corrected chi connectivity index (χ4v) is 3.66. The molecule has 1 aliphatic carbocycles. The highest BCUT2D eigenvalue weighted by Crippen LogP contribution is 2.36. The lowest BCUT2D eigenvalue weighted by atomic mass is 9.81. The largest absolute Gasteiger partial charge is 0.493 e. The molecule has 2 aliphatic rings. The van der Waals surface area contributed by atoms with Crippen molar-refractivity contribution in [2.45, 2.75) is 25.7 Å². The van der Waals surface area contributed by atoms with Gasteiger partial charge in [0.15, 0.2) is 0 Å². The highest BCUT2D eigenvalue weighted by atomic mass is 19.1. The monoisotopic (exact) mass is 356 g/mol. The lowest BCUT2D eigenvalue weighted by molar-refractivity contribution is 0.144. The SMILES string of the molecule is OCC1(Cc2ccc(F)cc2)CCN(c2cc(OCC3CC3)ccn2)C1. The Morgan fingerprint density at radius 2 is 2.04 bits per heavy atom. The van der Waals surface area contributed by atoms with Crippen LogP contribution in [-0.2, 0) is 6.42 Å². The van der Waals surface area contributed by atoms with E-state index in [1.54, 1.807) is 18.3 Å². The zero-order chi connectivity index (χ0) is 18.0. The highest BCUT2D eigenvalue weighted by molar-refractivity contribution is 5.45. The van der Waals surface area contributed by atoms with Gasteiger partial charge in [-0.15, -0.1) is 0 Å². The van der Waals surface area contributed by atoms with Crippen molar-refractivity contribution in [3.63, 3.8) is 0 Å². The molecular weight excluding hydrogens is 331 g/mol. The number of benzene rings is 1. The van der Waals surface area contributed by atoms with Crippen molar-refractivity contribution in [2.75, 3.05) is 31.2 Å². The average Bonchev–Trinajstić information content (AvgIpc) is 3.41. The van der Waals surface area contributed by atoms with E-state index in [1.807, 2.05) is 12.1 Å². The normalized spacial score (nSPS) is 22.6. The Kier molecular flexibility index (Phi) is 4.81. The molecule has 1 aromatic carbocycles. The molecule has 1 N–H and O–H groups in total. The molecule has 2 aromatic rings. The number of ether oxygens (including phenoxy) is 1. The second-order valence-corrected chi connectivity index (χ2v) is 7.74. The lowest BCUT2D eigenvalue weighted by Crippen LogP contribution is -2.32. The average molecular weight is 356 g/mol. The van der Waals surface area contributed by atoms with Crippen LogP contribution in [-0.4, -0.2) is 36.4 Å². The van der Waals surface area contributed by atoms with Gasteiger partial charge in [0.05, 0.1) is 13.2 Å². The van der Waals surface area contributed by atoms with Crippen LogP contribution < -0.4 is 9.64 Å². The fourth-order valence-electron chi connectivity index (χ4n) is 3.66. The van der Waals surface area contributed by atoms with Crippen molar-refractivity contribution in [3.8, 4) is 5.75 Å². The van der Waals surface area contributed by atoms with E-state index in [9.17, 15) is 9.50 Å². The number of hydrogen-bond acceptors (Lipinski definition) is 4. The number of nitrogens with zero attached hydrogens (tertiary/aromatic N) is 2. The van der Waals surface area contributed by atoms with Crippen molar-refractivity contribution < 1.29 is 14.2 Å². The smallest absolute Gasteiger partial charge is 0.132 e. The van der Waals surface area contributed by atoms with Crippen LogP contribution in [0.2, 0.25) is 0 Å². The minimum Gasteiger partial charge on any atom is -0.493 e. The molecule has 1 saturated carbocycles. The number of hydrogen-bond donors (Lipinski definition) is 1. The second kappa shape index (κ2) is 7.23. The van der Waals surface area contributed by atoms with E-state index in [-0.39, 0.29) is 17.8 Å². The molecule has 0 radical (unpaired) electrons. The molecule has 4 rings (SSSR count). The third kappa shape index (κ3) is 3.98. The van der Waals surface area contributed by atoms with Crippen LogP contribution in [0.25, 0.3) is 0 Å². The number of aliphatic hydroxyl groups excluding tert-OH is 1. The Labute approximate surface area is 153 Å².